The van der Waals surface area contributed by atoms with E-state index in [-0.39, 0.29) is 0 Å². The highest BCUT2D eigenvalue weighted by Crippen LogP contribution is 2.37. The van der Waals surface area contributed by atoms with E-state index in [0.717, 1.165) is 11.1 Å². The predicted octanol–water partition coefficient (Wildman–Crippen LogP) is 3.46. The molecule has 0 atom stereocenters. The van der Waals surface area contributed by atoms with Gasteiger partial charge in [0.1, 0.15) is 5.75 Å². The number of nitrogens with zero attached hydrogens (tertiary/aromatic N) is 1. The lowest BCUT2D eigenvalue weighted by Gasteiger charge is -2.22. The van der Waals surface area contributed by atoms with Gasteiger partial charge in [0.2, 0.25) is 0 Å². The maximum atomic E-state index is 9.13. The SMILES string of the molecule is COc1ccc(Cl)c(C)c1C(C)(C)C#N. The van der Waals surface area contributed by atoms with Crippen molar-refractivity contribution in [1.82, 2.24) is 0 Å². The van der Waals surface area contributed by atoms with Crippen LogP contribution in [0.4, 0.5) is 0 Å². The summed E-state index contributed by atoms with van der Waals surface area (Å²) in [6.07, 6.45) is 0. The first-order valence-corrected chi connectivity index (χ1v) is 5.06. The summed E-state index contributed by atoms with van der Waals surface area (Å²) in [6, 6.07) is 5.84. The van der Waals surface area contributed by atoms with Crippen LogP contribution < -0.4 is 4.74 Å². The first-order chi connectivity index (χ1) is 6.94. The van der Waals surface area contributed by atoms with Gasteiger partial charge >= 0.3 is 0 Å². The minimum absolute atomic E-state index is 0.597. The summed E-state index contributed by atoms with van der Waals surface area (Å²) in [4.78, 5) is 0. The van der Waals surface area contributed by atoms with E-state index in [0.29, 0.717) is 10.8 Å². The van der Waals surface area contributed by atoms with Crippen molar-refractivity contribution in [3.05, 3.63) is 28.3 Å². The average molecular weight is 224 g/mol. The number of nitriles is 1. The number of ether oxygens (including phenoxy) is 1. The van der Waals surface area contributed by atoms with E-state index in [1.165, 1.54) is 0 Å². The summed E-state index contributed by atoms with van der Waals surface area (Å²) in [5.41, 5.74) is 1.17. The molecule has 0 radical (unpaired) electrons. The predicted molar refractivity (Wildman–Crippen MR) is 61.4 cm³/mol. The van der Waals surface area contributed by atoms with E-state index in [1.807, 2.05) is 20.8 Å². The van der Waals surface area contributed by atoms with Crippen molar-refractivity contribution in [3.63, 3.8) is 0 Å². The van der Waals surface area contributed by atoms with Crippen LogP contribution in [0.15, 0.2) is 12.1 Å². The lowest BCUT2D eigenvalue weighted by Crippen LogP contribution is -2.17. The second kappa shape index (κ2) is 4.12. The van der Waals surface area contributed by atoms with Crippen LogP contribution in [0.25, 0.3) is 0 Å². The van der Waals surface area contributed by atoms with Crippen molar-refractivity contribution >= 4 is 11.6 Å². The molecule has 0 aliphatic heterocycles. The maximum Gasteiger partial charge on any atom is 0.124 e. The Hall–Kier alpha value is -1.20. The molecule has 0 spiro atoms. The first kappa shape index (κ1) is 11.9. The summed E-state index contributed by atoms with van der Waals surface area (Å²) in [5.74, 6) is 0.712. The molecule has 0 saturated carbocycles. The van der Waals surface area contributed by atoms with Crippen LogP contribution in [0.2, 0.25) is 5.02 Å². The molecule has 0 aliphatic rings. The summed E-state index contributed by atoms with van der Waals surface area (Å²) in [5, 5.41) is 9.80. The summed E-state index contributed by atoms with van der Waals surface area (Å²) in [7, 11) is 1.60. The van der Waals surface area contributed by atoms with Crippen LogP contribution in [0.1, 0.15) is 25.0 Å². The van der Waals surface area contributed by atoms with Crippen LogP contribution in [0.3, 0.4) is 0 Å². The second-order valence-corrected chi connectivity index (χ2v) is 4.39. The van der Waals surface area contributed by atoms with Gasteiger partial charge < -0.3 is 4.74 Å². The topological polar surface area (TPSA) is 33.0 Å². The van der Waals surface area contributed by atoms with Gasteiger partial charge in [-0.1, -0.05) is 11.6 Å². The molecule has 1 aromatic carbocycles. The van der Waals surface area contributed by atoms with Gasteiger partial charge in [0.05, 0.1) is 18.6 Å². The zero-order valence-electron chi connectivity index (χ0n) is 9.39. The Morgan fingerprint density at radius 3 is 2.47 bits per heavy atom. The molecule has 3 heteroatoms. The van der Waals surface area contributed by atoms with Gasteiger partial charge in [0.25, 0.3) is 0 Å². The molecule has 2 nitrogen and oxygen atoms in total. The molecule has 80 valence electrons. The molecular weight excluding hydrogens is 210 g/mol. The third-order valence-electron chi connectivity index (χ3n) is 2.49. The number of rotatable bonds is 2. The molecule has 1 rings (SSSR count). The Balaban J connectivity index is 3.51. The molecule has 0 saturated heterocycles. The second-order valence-electron chi connectivity index (χ2n) is 3.99. The van der Waals surface area contributed by atoms with Gasteiger partial charge in [0, 0.05) is 10.6 Å². The normalized spacial score (nSPS) is 10.9. The van der Waals surface area contributed by atoms with Gasteiger partial charge in [-0.3, -0.25) is 0 Å². The van der Waals surface area contributed by atoms with Gasteiger partial charge in [-0.25, -0.2) is 0 Å². The zero-order valence-corrected chi connectivity index (χ0v) is 10.1. The van der Waals surface area contributed by atoms with Crippen molar-refractivity contribution in [2.75, 3.05) is 7.11 Å². The summed E-state index contributed by atoms with van der Waals surface area (Å²) < 4.78 is 5.26. The van der Waals surface area contributed by atoms with Crippen LogP contribution in [-0.2, 0) is 5.41 Å². The van der Waals surface area contributed by atoms with E-state index >= 15 is 0 Å². The van der Waals surface area contributed by atoms with Crippen molar-refractivity contribution in [3.8, 4) is 11.8 Å². The Morgan fingerprint density at radius 1 is 1.40 bits per heavy atom. The van der Waals surface area contributed by atoms with Gasteiger partial charge in [-0.15, -0.1) is 0 Å². The standard InChI is InChI=1S/C12H14ClNO/c1-8-9(13)5-6-10(15-4)11(8)12(2,3)7-14/h5-6H,1-4H3. The highest BCUT2D eigenvalue weighted by Gasteiger charge is 2.27. The van der Waals surface area contributed by atoms with Crippen LogP contribution in [0.5, 0.6) is 5.75 Å². The van der Waals surface area contributed by atoms with Crippen molar-refractivity contribution < 1.29 is 4.74 Å². The Kier molecular flexibility index (Phi) is 3.26. The van der Waals surface area contributed by atoms with Crippen LogP contribution >= 0.6 is 11.6 Å². The molecule has 0 aliphatic carbocycles. The molecular formula is C12H14ClNO. The van der Waals surface area contributed by atoms with Crippen molar-refractivity contribution in [1.29, 1.82) is 5.26 Å². The minimum atomic E-state index is -0.597. The number of hydrogen-bond acceptors (Lipinski definition) is 2. The Labute approximate surface area is 95.4 Å². The number of hydrogen-bond donors (Lipinski definition) is 0. The van der Waals surface area contributed by atoms with E-state index < -0.39 is 5.41 Å². The quantitative estimate of drug-likeness (QED) is 0.769. The Morgan fingerprint density at radius 2 is 2.00 bits per heavy atom. The minimum Gasteiger partial charge on any atom is -0.496 e. The fourth-order valence-corrected chi connectivity index (χ4v) is 1.82. The van der Waals surface area contributed by atoms with Crippen molar-refractivity contribution in [2.24, 2.45) is 0 Å². The number of halogens is 1. The third-order valence-corrected chi connectivity index (χ3v) is 2.89. The van der Waals surface area contributed by atoms with Crippen molar-refractivity contribution in [2.45, 2.75) is 26.2 Å². The zero-order chi connectivity index (χ0) is 11.6. The summed E-state index contributed by atoms with van der Waals surface area (Å²) in [6.45, 7) is 5.61. The van der Waals surface area contributed by atoms with Crippen LogP contribution in [-0.4, -0.2) is 7.11 Å². The van der Waals surface area contributed by atoms with Gasteiger partial charge in [0.15, 0.2) is 0 Å². The fraction of sp³-hybridized carbons (Fsp3) is 0.417. The molecule has 1 aromatic rings. The average Bonchev–Trinajstić information content (AvgIpc) is 2.21. The molecule has 0 heterocycles. The highest BCUT2D eigenvalue weighted by atomic mass is 35.5. The number of benzene rings is 1. The van der Waals surface area contributed by atoms with E-state index in [1.54, 1.807) is 19.2 Å². The lowest BCUT2D eigenvalue weighted by atomic mass is 9.83. The highest BCUT2D eigenvalue weighted by molar-refractivity contribution is 6.31. The molecule has 0 N–H and O–H groups in total. The van der Waals surface area contributed by atoms with Gasteiger partial charge in [-0.05, 0) is 38.5 Å². The molecule has 0 amide bonds. The van der Waals surface area contributed by atoms with E-state index in [9.17, 15) is 0 Å². The molecule has 0 unspecified atom stereocenters. The lowest BCUT2D eigenvalue weighted by molar-refractivity contribution is 0.402. The molecule has 15 heavy (non-hydrogen) atoms. The smallest absolute Gasteiger partial charge is 0.124 e. The Bertz CT molecular complexity index is 418. The van der Waals surface area contributed by atoms with Gasteiger partial charge in [-0.2, -0.15) is 5.26 Å². The molecule has 0 aromatic heterocycles. The monoisotopic (exact) mass is 223 g/mol. The summed E-state index contributed by atoms with van der Waals surface area (Å²) >= 11 is 6.04. The largest absolute Gasteiger partial charge is 0.496 e. The maximum absolute atomic E-state index is 9.13. The molecule has 0 bridgehead atoms. The molecule has 0 fully saturated rings. The third kappa shape index (κ3) is 2.08. The first-order valence-electron chi connectivity index (χ1n) is 4.69. The fourth-order valence-electron chi connectivity index (χ4n) is 1.66. The van der Waals surface area contributed by atoms with E-state index in [4.69, 9.17) is 21.6 Å². The number of methoxy groups -OCH3 is 1. The van der Waals surface area contributed by atoms with E-state index in [2.05, 4.69) is 6.07 Å². The van der Waals surface area contributed by atoms with Crippen LogP contribution in [0, 0.1) is 18.3 Å².